The van der Waals surface area contributed by atoms with Crippen LogP contribution >= 0.6 is 22.6 Å². The van der Waals surface area contributed by atoms with E-state index in [4.69, 9.17) is 4.74 Å². The van der Waals surface area contributed by atoms with Crippen molar-refractivity contribution in [2.45, 2.75) is 13.8 Å². The van der Waals surface area contributed by atoms with Crippen molar-refractivity contribution in [3.63, 3.8) is 0 Å². The summed E-state index contributed by atoms with van der Waals surface area (Å²) in [5, 5.41) is 2.94. The van der Waals surface area contributed by atoms with E-state index in [1.165, 1.54) is 0 Å². The Hall–Kier alpha value is -1.56. The molecule has 3 nitrogen and oxygen atoms in total. The van der Waals surface area contributed by atoms with Gasteiger partial charge in [-0.1, -0.05) is 12.1 Å². The summed E-state index contributed by atoms with van der Waals surface area (Å²) in [6.45, 7) is 4.53. The lowest BCUT2D eigenvalue weighted by Gasteiger charge is -2.11. The first-order valence-corrected chi connectivity index (χ1v) is 7.49. The van der Waals surface area contributed by atoms with E-state index >= 15 is 0 Å². The van der Waals surface area contributed by atoms with Crippen molar-refractivity contribution in [3.8, 4) is 5.75 Å². The summed E-state index contributed by atoms with van der Waals surface area (Å²) in [4.78, 5) is 12.3. The summed E-state index contributed by atoms with van der Waals surface area (Å²) in [6, 6.07) is 13.2. The molecule has 0 radical (unpaired) electrons. The molecule has 2 aromatic rings. The van der Waals surface area contributed by atoms with Crippen molar-refractivity contribution >= 4 is 34.2 Å². The van der Waals surface area contributed by atoms with Gasteiger partial charge in [0.15, 0.2) is 0 Å². The molecule has 104 valence electrons. The second-order valence-electron chi connectivity index (χ2n) is 4.34. The standard InChI is InChI=1S/C16H16INO2/c1-3-20-12-8-9-15(11(2)10-12)18-16(19)13-6-4-5-7-14(13)17/h4-10H,3H2,1-2H3,(H,18,19). The SMILES string of the molecule is CCOc1ccc(NC(=O)c2ccccc2I)c(C)c1. The third-order valence-corrected chi connectivity index (χ3v) is 3.82. The van der Waals surface area contributed by atoms with Gasteiger partial charge >= 0.3 is 0 Å². The topological polar surface area (TPSA) is 38.3 Å². The number of hydrogen-bond donors (Lipinski definition) is 1. The predicted molar refractivity (Wildman–Crippen MR) is 89.5 cm³/mol. The number of amides is 1. The van der Waals surface area contributed by atoms with Gasteiger partial charge in [-0.25, -0.2) is 0 Å². The Kier molecular flexibility index (Phi) is 5.00. The fourth-order valence-corrected chi connectivity index (χ4v) is 2.50. The molecule has 0 fully saturated rings. The number of anilines is 1. The molecule has 1 amide bonds. The third kappa shape index (κ3) is 3.50. The van der Waals surface area contributed by atoms with Crippen LogP contribution in [0.1, 0.15) is 22.8 Å². The lowest BCUT2D eigenvalue weighted by molar-refractivity contribution is 0.102. The second-order valence-corrected chi connectivity index (χ2v) is 5.51. The van der Waals surface area contributed by atoms with E-state index in [0.29, 0.717) is 12.2 Å². The zero-order valence-corrected chi connectivity index (χ0v) is 13.6. The number of halogens is 1. The molecule has 20 heavy (non-hydrogen) atoms. The maximum absolute atomic E-state index is 12.3. The van der Waals surface area contributed by atoms with Gasteiger partial charge in [-0.2, -0.15) is 0 Å². The highest BCUT2D eigenvalue weighted by atomic mass is 127. The molecule has 0 aromatic heterocycles. The summed E-state index contributed by atoms with van der Waals surface area (Å²) < 4.78 is 6.37. The molecule has 0 aliphatic rings. The van der Waals surface area contributed by atoms with Gasteiger partial charge in [-0.15, -0.1) is 0 Å². The zero-order chi connectivity index (χ0) is 14.5. The first kappa shape index (κ1) is 14.8. The highest BCUT2D eigenvalue weighted by Crippen LogP contribution is 2.22. The van der Waals surface area contributed by atoms with Crippen LogP contribution in [-0.4, -0.2) is 12.5 Å². The Balaban J connectivity index is 2.18. The molecule has 0 aliphatic carbocycles. The van der Waals surface area contributed by atoms with Crippen LogP contribution in [0.15, 0.2) is 42.5 Å². The van der Waals surface area contributed by atoms with Gasteiger partial charge in [0, 0.05) is 9.26 Å². The summed E-state index contributed by atoms with van der Waals surface area (Å²) >= 11 is 2.16. The number of rotatable bonds is 4. The van der Waals surface area contributed by atoms with Crippen LogP contribution in [0.3, 0.4) is 0 Å². The maximum atomic E-state index is 12.3. The van der Waals surface area contributed by atoms with E-state index in [-0.39, 0.29) is 5.91 Å². The predicted octanol–water partition coefficient (Wildman–Crippen LogP) is 4.25. The Morgan fingerprint density at radius 2 is 2.00 bits per heavy atom. The summed E-state index contributed by atoms with van der Waals surface area (Å²) in [5.74, 6) is 0.722. The zero-order valence-electron chi connectivity index (χ0n) is 11.4. The molecule has 4 heteroatoms. The molecular weight excluding hydrogens is 365 g/mol. The molecule has 1 N–H and O–H groups in total. The average molecular weight is 381 g/mol. The molecule has 0 aliphatic heterocycles. The Morgan fingerprint density at radius 3 is 2.65 bits per heavy atom. The van der Waals surface area contributed by atoms with Gasteiger partial charge in [-0.05, 0) is 72.3 Å². The average Bonchev–Trinajstić information content (AvgIpc) is 2.42. The molecule has 0 saturated heterocycles. The summed E-state index contributed by atoms with van der Waals surface area (Å²) in [5.41, 5.74) is 2.47. The minimum Gasteiger partial charge on any atom is -0.494 e. The van der Waals surface area contributed by atoms with Crippen molar-refractivity contribution < 1.29 is 9.53 Å². The van der Waals surface area contributed by atoms with E-state index in [2.05, 4.69) is 27.9 Å². The Labute approximate surface area is 132 Å². The second kappa shape index (κ2) is 6.74. The maximum Gasteiger partial charge on any atom is 0.256 e. The van der Waals surface area contributed by atoms with Crippen molar-refractivity contribution in [2.24, 2.45) is 0 Å². The van der Waals surface area contributed by atoms with E-state index in [9.17, 15) is 4.79 Å². The van der Waals surface area contributed by atoms with Crippen LogP contribution in [0.4, 0.5) is 5.69 Å². The van der Waals surface area contributed by atoms with Gasteiger partial charge in [0.05, 0.1) is 12.2 Å². The van der Waals surface area contributed by atoms with Crippen molar-refractivity contribution in [2.75, 3.05) is 11.9 Å². The monoisotopic (exact) mass is 381 g/mol. The highest BCUT2D eigenvalue weighted by Gasteiger charge is 2.10. The minimum absolute atomic E-state index is 0.0951. The number of carbonyl (C=O) groups is 1. The van der Waals surface area contributed by atoms with E-state index < -0.39 is 0 Å². The number of aryl methyl sites for hydroxylation is 1. The fraction of sp³-hybridized carbons (Fsp3) is 0.188. The van der Waals surface area contributed by atoms with Gasteiger partial charge in [0.1, 0.15) is 5.75 Å². The van der Waals surface area contributed by atoms with E-state index in [1.807, 2.05) is 56.3 Å². The van der Waals surface area contributed by atoms with Crippen LogP contribution in [0.2, 0.25) is 0 Å². The first-order valence-electron chi connectivity index (χ1n) is 6.41. The molecule has 2 aromatic carbocycles. The number of carbonyl (C=O) groups excluding carboxylic acids is 1. The minimum atomic E-state index is -0.0951. The Morgan fingerprint density at radius 1 is 1.25 bits per heavy atom. The number of ether oxygens (including phenoxy) is 1. The van der Waals surface area contributed by atoms with Crippen LogP contribution < -0.4 is 10.1 Å². The molecule has 0 unspecified atom stereocenters. The summed E-state index contributed by atoms with van der Waals surface area (Å²) in [6.07, 6.45) is 0. The lowest BCUT2D eigenvalue weighted by atomic mass is 10.1. The van der Waals surface area contributed by atoms with E-state index in [0.717, 1.165) is 20.6 Å². The first-order chi connectivity index (χ1) is 9.61. The van der Waals surface area contributed by atoms with Gasteiger partial charge in [0.25, 0.3) is 5.91 Å². The van der Waals surface area contributed by atoms with Crippen molar-refractivity contribution in [1.29, 1.82) is 0 Å². The quantitative estimate of drug-likeness (QED) is 0.805. The van der Waals surface area contributed by atoms with Gasteiger partial charge in [-0.3, -0.25) is 4.79 Å². The van der Waals surface area contributed by atoms with Crippen molar-refractivity contribution in [1.82, 2.24) is 0 Å². The smallest absolute Gasteiger partial charge is 0.256 e. The fourth-order valence-electron chi connectivity index (χ4n) is 1.87. The molecular formula is C16H16INO2. The van der Waals surface area contributed by atoms with Crippen molar-refractivity contribution in [3.05, 3.63) is 57.2 Å². The van der Waals surface area contributed by atoms with Crippen LogP contribution in [0.5, 0.6) is 5.75 Å². The number of benzene rings is 2. The Bertz CT molecular complexity index is 626. The largest absolute Gasteiger partial charge is 0.494 e. The molecule has 0 saturated carbocycles. The summed E-state index contributed by atoms with van der Waals surface area (Å²) in [7, 11) is 0. The van der Waals surface area contributed by atoms with Gasteiger partial charge in [0.2, 0.25) is 0 Å². The number of nitrogens with one attached hydrogen (secondary N) is 1. The lowest BCUT2D eigenvalue weighted by Crippen LogP contribution is -2.14. The number of hydrogen-bond acceptors (Lipinski definition) is 2. The van der Waals surface area contributed by atoms with Crippen LogP contribution in [0, 0.1) is 10.5 Å². The van der Waals surface area contributed by atoms with E-state index in [1.54, 1.807) is 0 Å². The molecule has 2 rings (SSSR count). The third-order valence-electron chi connectivity index (χ3n) is 2.88. The normalized spacial score (nSPS) is 10.2. The molecule has 0 heterocycles. The van der Waals surface area contributed by atoms with Crippen LogP contribution in [0.25, 0.3) is 0 Å². The molecule has 0 spiro atoms. The highest BCUT2D eigenvalue weighted by molar-refractivity contribution is 14.1. The molecule has 0 atom stereocenters. The van der Waals surface area contributed by atoms with Crippen LogP contribution in [-0.2, 0) is 0 Å². The van der Waals surface area contributed by atoms with Gasteiger partial charge < -0.3 is 10.1 Å². The molecule has 0 bridgehead atoms.